The third-order valence-corrected chi connectivity index (χ3v) is 6.22. The predicted octanol–water partition coefficient (Wildman–Crippen LogP) is 3.68. The van der Waals surface area contributed by atoms with Crippen molar-refractivity contribution in [2.24, 2.45) is 11.5 Å². The Hall–Kier alpha value is -3.79. The standard InChI is InChI=1S/C24H20BrF2N5O2/c25-17-9-16(10-18(26)21(17)27)31-24(34)20-7-14-5-6-15(22(28)29)8-19(14)32(20)11-12-1-3-13(4-2-12)23(30)33/h1-6,8-10,20H,7,11H2,(H3,28,29)(H2,30,33)(H,31,34). The van der Waals surface area contributed by atoms with E-state index in [1.165, 1.54) is 6.07 Å². The maximum Gasteiger partial charge on any atom is 0.248 e. The van der Waals surface area contributed by atoms with Gasteiger partial charge in [0.2, 0.25) is 11.8 Å². The Balaban J connectivity index is 1.66. The summed E-state index contributed by atoms with van der Waals surface area (Å²) < 4.78 is 27.3. The summed E-state index contributed by atoms with van der Waals surface area (Å²) in [5.74, 6) is -3.18. The second kappa shape index (κ2) is 9.22. The van der Waals surface area contributed by atoms with Crippen molar-refractivity contribution < 1.29 is 18.4 Å². The zero-order valence-corrected chi connectivity index (χ0v) is 19.3. The van der Waals surface area contributed by atoms with Gasteiger partial charge >= 0.3 is 0 Å². The number of hydrogen-bond acceptors (Lipinski definition) is 4. The molecule has 0 saturated heterocycles. The van der Waals surface area contributed by atoms with E-state index in [9.17, 15) is 18.4 Å². The molecule has 0 fully saturated rings. The maximum atomic E-state index is 13.8. The van der Waals surface area contributed by atoms with Gasteiger partial charge in [0, 0.05) is 41.5 Å². The largest absolute Gasteiger partial charge is 0.384 e. The first kappa shape index (κ1) is 23.4. The van der Waals surface area contributed by atoms with Crippen LogP contribution >= 0.6 is 15.9 Å². The minimum atomic E-state index is -1.09. The summed E-state index contributed by atoms with van der Waals surface area (Å²) in [6.07, 6.45) is 0.365. The maximum absolute atomic E-state index is 13.8. The highest BCUT2D eigenvalue weighted by molar-refractivity contribution is 9.10. The van der Waals surface area contributed by atoms with E-state index >= 15 is 0 Å². The molecule has 0 aliphatic carbocycles. The molecule has 1 atom stereocenters. The SMILES string of the molecule is N=C(N)c1ccc2c(c1)N(Cc1ccc(C(N)=O)cc1)C(C(=O)Nc1cc(F)c(F)c(Br)c1)C2. The van der Waals surface area contributed by atoms with Crippen LogP contribution in [0.25, 0.3) is 0 Å². The number of fused-ring (bicyclic) bond motifs is 1. The van der Waals surface area contributed by atoms with Crippen LogP contribution in [0, 0.1) is 17.0 Å². The van der Waals surface area contributed by atoms with Gasteiger partial charge in [0.05, 0.1) is 4.47 Å². The molecule has 1 aliphatic rings. The number of nitrogens with one attached hydrogen (secondary N) is 2. The summed E-state index contributed by atoms with van der Waals surface area (Å²) in [7, 11) is 0. The predicted molar refractivity (Wildman–Crippen MR) is 129 cm³/mol. The summed E-state index contributed by atoms with van der Waals surface area (Å²) in [5.41, 5.74) is 14.4. The quantitative estimate of drug-likeness (QED) is 0.221. The van der Waals surface area contributed by atoms with Crippen LogP contribution in [-0.4, -0.2) is 23.7 Å². The number of carbonyl (C=O) groups excluding carboxylic acids is 2. The van der Waals surface area contributed by atoms with E-state index in [0.29, 0.717) is 24.1 Å². The second-order valence-corrected chi connectivity index (χ2v) is 8.76. The number of rotatable bonds is 6. The number of benzene rings is 3. The van der Waals surface area contributed by atoms with Crippen molar-refractivity contribution in [1.29, 1.82) is 5.41 Å². The lowest BCUT2D eigenvalue weighted by Gasteiger charge is -2.27. The first-order valence-electron chi connectivity index (χ1n) is 10.2. The van der Waals surface area contributed by atoms with E-state index in [4.69, 9.17) is 16.9 Å². The number of nitrogens with zero attached hydrogens (tertiary/aromatic N) is 1. The Morgan fingerprint density at radius 1 is 1.06 bits per heavy atom. The first-order chi connectivity index (χ1) is 16.1. The van der Waals surface area contributed by atoms with Crippen molar-refractivity contribution >= 4 is 45.0 Å². The topological polar surface area (TPSA) is 125 Å². The van der Waals surface area contributed by atoms with E-state index in [-0.39, 0.29) is 16.0 Å². The number of amidine groups is 1. The third-order valence-electron chi connectivity index (χ3n) is 5.64. The highest BCUT2D eigenvalue weighted by atomic mass is 79.9. The van der Waals surface area contributed by atoms with Gasteiger partial charge in [-0.1, -0.05) is 24.3 Å². The van der Waals surface area contributed by atoms with Crippen molar-refractivity contribution in [1.82, 2.24) is 0 Å². The number of nitrogen functional groups attached to an aromatic ring is 1. The second-order valence-electron chi connectivity index (χ2n) is 7.91. The summed E-state index contributed by atoms with van der Waals surface area (Å²) in [4.78, 5) is 26.5. The van der Waals surface area contributed by atoms with Gasteiger partial charge < -0.3 is 21.7 Å². The molecule has 1 unspecified atom stereocenters. The van der Waals surface area contributed by atoms with E-state index < -0.39 is 29.5 Å². The molecule has 7 nitrogen and oxygen atoms in total. The molecule has 10 heteroatoms. The van der Waals surface area contributed by atoms with Crippen molar-refractivity contribution in [3.05, 3.63) is 93.0 Å². The fraction of sp³-hybridized carbons (Fsp3) is 0.125. The van der Waals surface area contributed by atoms with E-state index in [2.05, 4.69) is 21.2 Å². The molecule has 34 heavy (non-hydrogen) atoms. The molecule has 1 aliphatic heterocycles. The van der Waals surface area contributed by atoms with Crippen molar-refractivity contribution in [3.8, 4) is 0 Å². The highest BCUT2D eigenvalue weighted by Crippen LogP contribution is 2.35. The molecular formula is C24H20BrF2N5O2. The lowest BCUT2D eigenvalue weighted by Crippen LogP contribution is -2.41. The average Bonchev–Trinajstić information content (AvgIpc) is 3.15. The number of nitrogens with two attached hydrogens (primary N) is 2. The smallest absolute Gasteiger partial charge is 0.248 e. The molecule has 174 valence electrons. The Kier molecular flexibility index (Phi) is 6.34. The number of anilines is 2. The molecule has 0 bridgehead atoms. The van der Waals surface area contributed by atoms with Crippen LogP contribution in [0.1, 0.15) is 27.0 Å². The number of halogens is 3. The molecular weight excluding hydrogens is 508 g/mol. The summed E-state index contributed by atoms with van der Waals surface area (Å²) >= 11 is 2.95. The van der Waals surface area contributed by atoms with Crippen molar-refractivity contribution in [3.63, 3.8) is 0 Å². The zero-order chi connectivity index (χ0) is 24.6. The number of primary amides is 1. The Bertz CT molecular complexity index is 1290. The van der Waals surface area contributed by atoms with Crippen LogP contribution in [0.5, 0.6) is 0 Å². The molecule has 6 N–H and O–H groups in total. The lowest BCUT2D eigenvalue weighted by molar-refractivity contribution is -0.117. The van der Waals surface area contributed by atoms with Gasteiger partial charge in [0.25, 0.3) is 0 Å². The Morgan fingerprint density at radius 2 is 1.74 bits per heavy atom. The highest BCUT2D eigenvalue weighted by Gasteiger charge is 2.35. The Labute approximate surface area is 202 Å². The third kappa shape index (κ3) is 4.62. The number of carbonyl (C=O) groups is 2. The number of hydrogen-bond donors (Lipinski definition) is 4. The van der Waals surface area contributed by atoms with Crippen LogP contribution in [0.3, 0.4) is 0 Å². The Morgan fingerprint density at radius 3 is 2.35 bits per heavy atom. The van der Waals surface area contributed by atoms with Crippen LogP contribution < -0.4 is 21.7 Å². The van der Waals surface area contributed by atoms with Gasteiger partial charge in [-0.3, -0.25) is 15.0 Å². The van der Waals surface area contributed by atoms with Crippen LogP contribution in [0.15, 0.2) is 59.1 Å². The number of amides is 2. The summed E-state index contributed by atoms with van der Waals surface area (Å²) in [6, 6.07) is 13.5. The summed E-state index contributed by atoms with van der Waals surface area (Å²) in [6.45, 7) is 0.312. The molecule has 2 amide bonds. The zero-order valence-electron chi connectivity index (χ0n) is 17.7. The first-order valence-corrected chi connectivity index (χ1v) is 11.0. The lowest BCUT2D eigenvalue weighted by atomic mass is 10.1. The summed E-state index contributed by atoms with van der Waals surface area (Å²) in [5, 5.41) is 10.4. The van der Waals surface area contributed by atoms with Crippen molar-refractivity contribution in [2.75, 3.05) is 10.2 Å². The van der Waals surface area contributed by atoms with Gasteiger partial charge in [0.15, 0.2) is 11.6 Å². The van der Waals surface area contributed by atoms with Gasteiger partial charge in [-0.15, -0.1) is 0 Å². The molecule has 3 aromatic carbocycles. The van der Waals surface area contributed by atoms with Gasteiger partial charge in [0.1, 0.15) is 11.9 Å². The molecule has 0 saturated carbocycles. The molecule has 1 heterocycles. The molecule has 0 radical (unpaired) electrons. The molecule has 0 spiro atoms. The fourth-order valence-electron chi connectivity index (χ4n) is 3.91. The van der Waals surface area contributed by atoms with E-state index in [0.717, 1.165) is 22.9 Å². The van der Waals surface area contributed by atoms with E-state index in [1.807, 2.05) is 11.0 Å². The average molecular weight is 528 g/mol. The molecule has 3 aromatic rings. The van der Waals surface area contributed by atoms with Crippen LogP contribution in [-0.2, 0) is 17.8 Å². The fourth-order valence-corrected chi connectivity index (χ4v) is 4.35. The van der Waals surface area contributed by atoms with Crippen molar-refractivity contribution in [2.45, 2.75) is 19.0 Å². The molecule has 0 aromatic heterocycles. The minimum absolute atomic E-state index is 0.102. The molecule has 4 rings (SSSR count). The monoisotopic (exact) mass is 527 g/mol. The van der Waals surface area contributed by atoms with Crippen LogP contribution in [0.4, 0.5) is 20.2 Å². The minimum Gasteiger partial charge on any atom is -0.384 e. The van der Waals surface area contributed by atoms with Crippen LogP contribution in [0.2, 0.25) is 0 Å². The normalized spacial score (nSPS) is 14.6. The van der Waals surface area contributed by atoms with Gasteiger partial charge in [-0.25, -0.2) is 8.78 Å². The van der Waals surface area contributed by atoms with Gasteiger partial charge in [-0.05, 0) is 51.3 Å². The van der Waals surface area contributed by atoms with Gasteiger partial charge in [-0.2, -0.15) is 0 Å². The van der Waals surface area contributed by atoms with E-state index in [1.54, 1.807) is 36.4 Å².